The van der Waals surface area contributed by atoms with E-state index >= 15 is 0 Å². The number of carbonyl (C=O) groups is 2. The minimum atomic E-state index is -0.469. The molecule has 39 heavy (non-hydrogen) atoms. The number of hydrogen-bond acceptors (Lipinski definition) is 5. The van der Waals surface area contributed by atoms with Crippen LogP contribution in [0.25, 0.3) is 0 Å². The average Bonchev–Trinajstić information content (AvgIpc) is 3.30. The van der Waals surface area contributed by atoms with Crippen molar-refractivity contribution in [2.24, 2.45) is 11.8 Å². The van der Waals surface area contributed by atoms with E-state index < -0.39 is 5.92 Å². The maximum absolute atomic E-state index is 12.8. The van der Waals surface area contributed by atoms with Gasteiger partial charge in [0, 0.05) is 24.9 Å². The monoisotopic (exact) mass is 535 g/mol. The number of rotatable bonds is 9. The van der Waals surface area contributed by atoms with Crippen LogP contribution in [0.1, 0.15) is 103 Å². The standard InChI is InChI=1S/C34H49NO4/c1-22(2)18-25(32(37)38-9)19-30(36)39-28-20-29(35-21-28)31(23-10-14-26(15-11-23)33(3,4)5)24-12-16-27(17-13-24)34(6,7)8/h10-17,22,25,28-29,31,35H,18-21H2,1-9H3/t25-,28-,29-/m1/s1. The summed E-state index contributed by atoms with van der Waals surface area (Å²) in [6.45, 7) is 18.1. The van der Waals surface area contributed by atoms with E-state index in [9.17, 15) is 9.59 Å². The first-order chi connectivity index (χ1) is 18.2. The summed E-state index contributed by atoms with van der Waals surface area (Å²) in [7, 11) is 1.37. The van der Waals surface area contributed by atoms with Crippen LogP contribution in [-0.2, 0) is 29.9 Å². The van der Waals surface area contributed by atoms with Gasteiger partial charge in [-0.15, -0.1) is 0 Å². The van der Waals surface area contributed by atoms with Gasteiger partial charge in [0.1, 0.15) is 6.10 Å². The van der Waals surface area contributed by atoms with Gasteiger partial charge >= 0.3 is 11.9 Å². The average molecular weight is 536 g/mol. The van der Waals surface area contributed by atoms with Crippen molar-refractivity contribution < 1.29 is 19.1 Å². The molecule has 0 radical (unpaired) electrons. The van der Waals surface area contributed by atoms with Crippen LogP contribution in [0.15, 0.2) is 48.5 Å². The molecule has 0 spiro atoms. The van der Waals surface area contributed by atoms with Gasteiger partial charge in [-0.3, -0.25) is 9.59 Å². The minimum absolute atomic E-state index is 0.0536. The number of ether oxygens (including phenoxy) is 2. The molecule has 0 amide bonds. The Morgan fingerprint density at radius 2 is 1.36 bits per heavy atom. The van der Waals surface area contributed by atoms with E-state index in [1.807, 2.05) is 13.8 Å². The number of hydrogen-bond donors (Lipinski definition) is 1. The van der Waals surface area contributed by atoms with Crippen molar-refractivity contribution in [1.82, 2.24) is 5.32 Å². The summed E-state index contributed by atoms with van der Waals surface area (Å²) in [5, 5.41) is 3.65. The van der Waals surface area contributed by atoms with E-state index in [0.29, 0.717) is 19.4 Å². The molecular weight excluding hydrogens is 486 g/mol. The Morgan fingerprint density at radius 3 is 1.77 bits per heavy atom. The van der Waals surface area contributed by atoms with Crippen LogP contribution >= 0.6 is 0 Å². The third kappa shape index (κ3) is 8.41. The summed E-state index contributed by atoms with van der Waals surface area (Å²) in [5.41, 5.74) is 5.29. The molecule has 3 rings (SSSR count). The first-order valence-electron chi connectivity index (χ1n) is 14.4. The van der Waals surface area contributed by atoms with Crippen LogP contribution in [0.3, 0.4) is 0 Å². The summed E-state index contributed by atoms with van der Waals surface area (Å²) in [6, 6.07) is 18.1. The third-order valence-corrected chi connectivity index (χ3v) is 7.80. The second kappa shape index (κ2) is 12.7. The lowest BCUT2D eigenvalue weighted by molar-refractivity contribution is -0.156. The van der Waals surface area contributed by atoms with Crippen molar-refractivity contribution in [3.63, 3.8) is 0 Å². The molecule has 0 aromatic heterocycles. The molecule has 0 saturated carbocycles. The first kappa shape index (κ1) is 30.9. The van der Waals surface area contributed by atoms with Crippen molar-refractivity contribution in [3.05, 3.63) is 70.8 Å². The van der Waals surface area contributed by atoms with Crippen LogP contribution in [0.2, 0.25) is 0 Å². The van der Waals surface area contributed by atoms with Gasteiger partial charge in [0.15, 0.2) is 0 Å². The highest BCUT2D eigenvalue weighted by Crippen LogP contribution is 2.35. The number of esters is 2. The molecule has 0 bridgehead atoms. The van der Waals surface area contributed by atoms with Gasteiger partial charge in [-0.1, -0.05) is 104 Å². The van der Waals surface area contributed by atoms with Crippen molar-refractivity contribution in [3.8, 4) is 0 Å². The van der Waals surface area contributed by atoms with Crippen molar-refractivity contribution >= 4 is 11.9 Å². The molecule has 1 aliphatic heterocycles. The molecule has 5 heteroatoms. The SMILES string of the molecule is COC(=O)[C@@H](CC(=O)O[C@H]1CN[C@@H](C(c2ccc(C(C)(C)C)cc2)c2ccc(C(C)(C)C)cc2)C1)CC(C)C. The number of benzene rings is 2. The Kier molecular flexibility index (Phi) is 10.0. The zero-order valence-electron chi connectivity index (χ0n) is 25.5. The lowest BCUT2D eigenvalue weighted by atomic mass is 9.80. The molecule has 3 atom stereocenters. The van der Waals surface area contributed by atoms with Crippen molar-refractivity contribution in [2.45, 2.75) is 104 Å². The number of nitrogens with one attached hydrogen (secondary N) is 1. The first-order valence-corrected chi connectivity index (χ1v) is 14.4. The number of methoxy groups -OCH3 is 1. The molecule has 1 fully saturated rings. The summed E-state index contributed by atoms with van der Waals surface area (Å²) >= 11 is 0. The van der Waals surface area contributed by atoms with Crippen LogP contribution in [-0.4, -0.2) is 37.7 Å². The van der Waals surface area contributed by atoms with Crippen LogP contribution < -0.4 is 5.32 Å². The zero-order chi connectivity index (χ0) is 29.0. The van der Waals surface area contributed by atoms with E-state index in [1.165, 1.54) is 29.4 Å². The predicted octanol–water partition coefficient (Wildman–Crippen LogP) is 6.91. The molecule has 0 unspecified atom stereocenters. The molecule has 1 saturated heterocycles. The Morgan fingerprint density at radius 1 is 0.872 bits per heavy atom. The van der Waals surface area contributed by atoms with E-state index in [-0.39, 0.29) is 53.2 Å². The smallest absolute Gasteiger partial charge is 0.309 e. The summed E-state index contributed by atoms with van der Waals surface area (Å²) in [6.07, 6.45) is 1.14. The maximum atomic E-state index is 12.8. The largest absolute Gasteiger partial charge is 0.469 e. The molecule has 0 aliphatic carbocycles. The Labute approximate surface area is 236 Å². The lowest BCUT2D eigenvalue weighted by Crippen LogP contribution is -2.30. The van der Waals surface area contributed by atoms with Crippen LogP contribution in [0, 0.1) is 11.8 Å². The minimum Gasteiger partial charge on any atom is -0.469 e. The fourth-order valence-corrected chi connectivity index (χ4v) is 5.55. The van der Waals surface area contributed by atoms with Gasteiger partial charge in [-0.25, -0.2) is 0 Å². The molecule has 1 N–H and O–H groups in total. The Hall–Kier alpha value is -2.66. The quantitative estimate of drug-likeness (QED) is 0.353. The highest BCUT2D eigenvalue weighted by Gasteiger charge is 2.35. The Bertz CT molecular complexity index is 1030. The normalized spacial score (nSPS) is 18.8. The fourth-order valence-electron chi connectivity index (χ4n) is 5.55. The van der Waals surface area contributed by atoms with Gasteiger partial charge in [0.2, 0.25) is 0 Å². The van der Waals surface area contributed by atoms with Gasteiger partial charge in [0.25, 0.3) is 0 Å². The molecule has 214 valence electrons. The number of carbonyl (C=O) groups excluding carboxylic acids is 2. The topological polar surface area (TPSA) is 64.6 Å². The van der Waals surface area contributed by atoms with Crippen LogP contribution in [0.5, 0.6) is 0 Å². The summed E-state index contributed by atoms with van der Waals surface area (Å²) < 4.78 is 10.8. The molecule has 5 nitrogen and oxygen atoms in total. The zero-order valence-corrected chi connectivity index (χ0v) is 25.5. The second-order valence-corrected chi connectivity index (χ2v) is 13.6. The molecular formula is C34H49NO4. The van der Waals surface area contributed by atoms with Gasteiger partial charge in [-0.2, -0.15) is 0 Å². The van der Waals surface area contributed by atoms with Crippen molar-refractivity contribution in [1.29, 1.82) is 0 Å². The van der Waals surface area contributed by atoms with Gasteiger partial charge < -0.3 is 14.8 Å². The maximum Gasteiger partial charge on any atom is 0.309 e. The van der Waals surface area contributed by atoms with Crippen LogP contribution in [0.4, 0.5) is 0 Å². The summed E-state index contributed by atoms with van der Waals surface area (Å²) in [5.74, 6) is -0.738. The molecule has 2 aromatic rings. The lowest BCUT2D eigenvalue weighted by Gasteiger charge is -2.27. The third-order valence-electron chi connectivity index (χ3n) is 7.80. The molecule has 1 heterocycles. The van der Waals surface area contributed by atoms with E-state index in [1.54, 1.807) is 0 Å². The van der Waals surface area contributed by atoms with Gasteiger partial charge in [-0.05, 0) is 45.4 Å². The Balaban J connectivity index is 1.80. The highest BCUT2D eigenvalue weighted by atomic mass is 16.5. The summed E-state index contributed by atoms with van der Waals surface area (Å²) in [4.78, 5) is 25.0. The fraction of sp³-hybridized carbons (Fsp3) is 0.588. The predicted molar refractivity (Wildman–Crippen MR) is 158 cm³/mol. The molecule has 2 aromatic carbocycles. The van der Waals surface area contributed by atoms with E-state index in [2.05, 4.69) is 95.4 Å². The van der Waals surface area contributed by atoms with Crippen molar-refractivity contribution in [2.75, 3.05) is 13.7 Å². The van der Waals surface area contributed by atoms with E-state index in [0.717, 1.165) is 0 Å². The highest BCUT2D eigenvalue weighted by molar-refractivity contribution is 5.80. The van der Waals surface area contributed by atoms with E-state index in [4.69, 9.17) is 9.47 Å². The molecule has 1 aliphatic rings. The second-order valence-electron chi connectivity index (χ2n) is 13.6. The van der Waals surface area contributed by atoms with Gasteiger partial charge in [0.05, 0.1) is 19.4 Å².